The highest BCUT2D eigenvalue weighted by Crippen LogP contribution is 2.48. The van der Waals surface area contributed by atoms with Gasteiger partial charge < -0.3 is 14.3 Å². The van der Waals surface area contributed by atoms with Gasteiger partial charge in [0.1, 0.15) is 24.4 Å². The molecule has 1 N–H and O–H groups in total. The summed E-state index contributed by atoms with van der Waals surface area (Å²) in [5.41, 5.74) is 3.19. The molecule has 3 saturated heterocycles. The van der Waals surface area contributed by atoms with Gasteiger partial charge in [0.15, 0.2) is 0 Å². The van der Waals surface area contributed by atoms with Gasteiger partial charge in [0.2, 0.25) is 0 Å². The third-order valence-corrected chi connectivity index (χ3v) is 7.68. The molecule has 4 heteroatoms. The lowest BCUT2D eigenvalue weighted by Crippen LogP contribution is -2.67. The maximum atomic E-state index is 11.8. The Bertz CT molecular complexity index is 1080. The number of nitrogens with zero attached hydrogens (tertiary/aromatic N) is 2. The second kappa shape index (κ2) is 8.10. The number of fused-ring (bicyclic) bond motifs is 4. The third-order valence-electron chi connectivity index (χ3n) is 7.68. The number of benzene rings is 2. The molecule has 0 aliphatic carbocycles. The van der Waals surface area contributed by atoms with Crippen molar-refractivity contribution in [3.8, 4) is 5.75 Å². The zero-order valence-electron chi connectivity index (χ0n) is 18.2. The second-order valence-corrected chi connectivity index (χ2v) is 9.25. The summed E-state index contributed by atoms with van der Waals surface area (Å²) < 4.78 is 6.38. The number of aliphatic hydroxyl groups excluding tert-OH is 1. The highest BCUT2D eigenvalue weighted by molar-refractivity contribution is 5.83. The van der Waals surface area contributed by atoms with E-state index in [1.165, 1.54) is 12.0 Å². The van der Waals surface area contributed by atoms with Crippen molar-refractivity contribution in [3.63, 3.8) is 0 Å². The third kappa shape index (κ3) is 3.54. The van der Waals surface area contributed by atoms with Gasteiger partial charge in [0.05, 0.1) is 25.7 Å². The molecule has 3 fully saturated rings. The standard InChI is InChI=1S/C27H31N2O2/c1-3-20-18-29(17-19-7-5-4-6-8-19)14-12-21(20)15-26(29)27(30)23-11-13-28-25-10-9-22(31-2)16-24(23)25/h3-11,13,16,20-21,26-27,30H,1,12,14-15,17-18H2,2H3/q+1/t20?,21?,26-,27-,29?/m0/s1. The van der Waals surface area contributed by atoms with E-state index in [1.807, 2.05) is 30.5 Å². The molecule has 3 aliphatic heterocycles. The van der Waals surface area contributed by atoms with Crippen LogP contribution in [0.15, 0.2) is 73.4 Å². The van der Waals surface area contributed by atoms with Crippen LogP contribution in [0, 0.1) is 11.8 Å². The van der Waals surface area contributed by atoms with E-state index < -0.39 is 6.10 Å². The van der Waals surface area contributed by atoms with Crippen LogP contribution in [0.5, 0.6) is 5.75 Å². The van der Waals surface area contributed by atoms with Gasteiger partial charge in [-0.3, -0.25) is 4.98 Å². The molecule has 3 aliphatic rings. The van der Waals surface area contributed by atoms with Crippen molar-refractivity contribution in [1.82, 2.24) is 4.98 Å². The van der Waals surface area contributed by atoms with Crippen molar-refractivity contribution in [2.75, 3.05) is 20.2 Å². The van der Waals surface area contributed by atoms with Gasteiger partial charge >= 0.3 is 0 Å². The first-order valence-electron chi connectivity index (χ1n) is 11.3. The average molecular weight is 416 g/mol. The van der Waals surface area contributed by atoms with Crippen LogP contribution in [-0.4, -0.2) is 40.8 Å². The molecule has 160 valence electrons. The van der Waals surface area contributed by atoms with E-state index in [2.05, 4.69) is 48.0 Å². The van der Waals surface area contributed by atoms with Gasteiger partial charge in [0.25, 0.3) is 0 Å². The first kappa shape index (κ1) is 20.2. The van der Waals surface area contributed by atoms with Gasteiger partial charge in [-0.05, 0) is 35.7 Å². The molecule has 31 heavy (non-hydrogen) atoms. The molecule has 0 saturated carbocycles. The quantitative estimate of drug-likeness (QED) is 0.460. The van der Waals surface area contributed by atoms with Crippen molar-refractivity contribution in [1.29, 1.82) is 0 Å². The number of aromatic nitrogens is 1. The van der Waals surface area contributed by atoms with Gasteiger partial charge in [-0.1, -0.05) is 36.4 Å². The Hall–Kier alpha value is -2.69. The lowest BCUT2D eigenvalue weighted by atomic mass is 9.71. The van der Waals surface area contributed by atoms with E-state index >= 15 is 0 Å². The largest absolute Gasteiger partial charge is 0.497 e. The number of pyridine rings is 1. The Balaban J connectivity index is 1.56. The number of quaternary nitrogens is 1. The second-order valence-electron chi connectivity index (χ2n) is 9.25. The maximum absolute atomic E-state index is 11.8. The minimum Gasteiger partial charge on any atom is -0.497 e. The van der Waals surface area contributed by atoms with Crippen LogP contribution < -0.4 is 4.74 Å². The molecule has 6 rings (SSSR count). The van der Waals surface area contributed by atoms with Crippen LogP contribution in [0.2, 0.25) is 0 Å². The molecule has 0 spiro atoms. The minimum atomic E-state index is -0.546. The summed E-state index contributed by atoms with van der Waals surface area (Å²) in [5.74, 6) is 1.92. The van der Waals surface area contributed by atoms with E-state index in [9.17, 15) is 5.11 Å². The lowest BCUT2D eigenvalue weighted by Gasteiger charge is -2.58. The maximum Gasteiger partial charge on any atom is 0.131 e. The van der Waals surface area contributed by atoms with E-state index in [-0.39, 0.29) is 6.04 Å². The number of aliphatic hydroxyl groups is 1. The normalized spacial score (nSPS) is 28.4. The highest BCUT2D eigenvalue weighted by atomic mass is 16.5. The molecule has 2 aromatic carbocycles. The monoisotopic (exact) mass is 415 g/mol. The molecule has 1 aromatic heterocycles. The fourth-order valence-corrected chi connectivity index (χ4v) is 6.07. The molecule has 4 nitrogen and oxygen atoms in total. The predicted octanol–water partition coefficient (Wildman–Crippen LogP) is 4.89. The van der Waals surface area contributed by atoms with Gasteiger partial charge in [-0.2, -0.15) is 0 Å². The molecular formula is C27H31N2O2+. The highest BCUT2D eigenvalue weighted by Gasteiger charge is 2.53. The van der Waals surface area contributed by atoms with Gasteiger partial charge in [-0.15, -0.1) is 6.58 Å². The van der Waals surface area contributed by atoms with Crippen molar-refractivity contribution in [2.45, 2.75) is 31.5 Å². The summed E-state index contributed by atoms with van der Waals surface area (Å²) in [6.07, 6.45) is 5.65. The van der Waals surface area contributed by atoms with Crippen molar-refractivity contribution in [3.05, 3.63) is 84.6 Å². The summed E-state index contributed by atoms with van der Waals surface area (Å²) >= 11 is 0. The fraction of sp³-hybridized carbons (Fsp3) is 0.370. The molecular weight excluding hydrogens is 384 g/mol. The number of hydrogen-bond acceptors (Lipinski definition) is 3. The summed E-state index contributed by atoms with van der Waals surface area (Å²) in [4.78, 5) is 4.52. The van der Waals surface area contributed by atoms with E-state index in [0.717, 1.165) is 52.8 Å². The first-order chi connectivity index (χ1) is 15.1. The molecule has 3 aromatic rings. The zero-order valence-corrected chi connectivity index (χ0v) is 18.2. The average Bonchev–Trinajstić information content (AvgIpc) is 2.83. The minimum absolute atomic E-state index is 0.159. The molecule has 5 atom stereocenters. The molecule has 2 bridgehead atoms. The summed E-state index contributed by atoms with van der Waals surface area (Å²) in [6.45, 7) is 7.25. The summed E-state index contributed by atoms with van der Waals surface area (Å²) in [6, 6.07) is 18.8. The van der Waals surface area contributed by atoms with Crippen molar-refractivity contribution >= 4 is 10.9 Å². The summed E-state index contributed by atoms with van der Waals surface area (Å²) in [5, 5.41) is 12.8. The summed E-state index contributed by atoms with van der Waals surface area (Å²) in [7, 11) is 1.68. The first-order valence-corrected chi connectivity index (χ1v) is 11.3. The van der Waals surface area contributed by atoms with E-state index in [1.54, 1.807) is 7.11 Å². The molecule has 3 unspecified atom stereocenters. The van der Waals surface area contributed by atoms with Crippen LogP contribution >= 0.6 is 0 Å². The number of piperidine rings is 3. The van der Waals surface area contributed by atoms with E-state index in [4.69, 9.17) is 4.74 Å². The Morgan fingerprint density at radius 3 is 2.84 bits per heavy atom. The van der Waals surface area contributed by atoms with Crippen LogP contribution in [0.25, 0.3) is 10.9 Å². The Labute approximate surface area is 184 Å². The SMILES string of the molecule is C=CC1C[N+]2(Cc3ccccc3)CCC1C[C@H]2[C@@H](O)c1ccnc2ccc(OC)cc12. The van der Waals surface area contributed by atoms with Gasteiger partial charge in [0, 0.05) is 35.9 Å². The number of hydrogen-bond donors (Lipinski definition) is 1. The lowest BCUT2D eigenvalue weighted by molar-refractivity contribution is -0.984. The fourth-order valence-electron chi connectivity index (χ4n) is 6.07. The smallest absolute Gasteiger partial charge is 0.131 e. The zero-order chi connectivity index (χ0) is 21.4. The molecule has 4 heterocycles. The van der Waals surface area contributed by atoms with Gasteiger partial charge in [-0.25, -0.2) is 0 Å². The Morgan fingerprint density at radius 1 is 1.23 bits per heavy atom. The topological polar surface area (TPSA) is 42.4 Å². The van der Waals surface area contributed by atoms with Crippen molar-refractivity contribution in [2.24, 2.45) is 11.8 Å². The molecule has 0 radical (unpaired) electrons. The number of methoxy groups -OCH3 is 1. The number of rotatable bonds is 6. The number of ether oxygens (including phenoxy) is 1. The molecule has 0 amide bonds. The van der Waals surface area contributed by atoms with Crippen LogP contribution in [0.3, 0.4) is 0 Å². The van der Waals surface area contributed by atoms with Crippen molar-refractivity contribution < 1.29 is 14.3 Å². The Kier molecular flexibility index (Phi) is 5.28. The predicted molar refractivity (Wildman–Crippen MR) is 124 cm³/mol. The van der Waals surface area contributed by atoms with Crippen LogP contribution in [0.4, 0.5) is 0 Å². The van der Waals surface area contributed by atoms with Crippen LogP contribution in [-0.2, 0) is 6.54 Å². The Morgan fingerprint density at radius 2 is 2.06 bits per heavy atom. The van der Waals surface area contributed by atoms with Crippen LogP contribution in [0.1, 0.15) is 30.1 Å². The van der Waals surface area contributed by atoms with E-state index in [0.29, 0.717) is 11.8 Å².